The van der Waals surface area contributed by atoms with Crippen molar-refractivity contribution in [3.63, 3.8) is 0 Å². The second-order valence-electron chi connectivity index (χ2n) is 7.54. The molecule has 4 rings (SSSR count). The van der Waals surface area contributed by atoms with Crippen molar-refractivity contribution in [2.24, 2.45) is 0 Å². The number of nitrogens with two attached hydrogens (primary N) is 1. The van der Waals surface area contributed by atoms with Crippen LogP contribution in [-0.2, 0) is 13.0 Å². The highest BCUT2D eigenvalue weighted by Crippen LogP contribution is 2.33. The number of carbonyl (C=O) groups is 1. The smallest absolute Gasteiger partial charge is 0.253 e. The summed E-state index contributed by atoms with van der Waals surface area (Å²) in [6, 6.07) is 15.7. The Morgan fingerprint density at radius 2 is 1.70 bits per heavy atom. The molecule has 1 aliphatic heterocycles. The minimum Gasteiger partial charge on any atom is -0.493 e. The molecule has 0 spiro atoms. The summed E-state index contributed by atoms with van der Waals surface area (Å²) in [4.78, 5) is 15.0. The number of ether oxygens (including phenoxy) is 2. The molecular formula is C24H27N3O3. The quantitative estimate of drug-likeness (QED) is 0.616. The van der Waals surface area contributed by atoms with Gasteiger partial charge in [0.05, 0.1) is 19.8 Å². The van der Waals surface area contributed by atoms with E-state index in [1.165, 1.54) is 11.1 Å². The second kappa shape index (κ2) is 8.63. The molecule has 0 bridgehead atoms. The number of amides is 1. The Bertz CT molecular complexity index is 1080. The molecule has 0 atom stereocenters. The van der Waals surface area contributed by atoms with Crippen molar-refractivity contribution in [1.29, 1.82) is 0 Å². The number of fused-ring (bicyclic) bond motifs is 2. The number of benzene rings is 3. The second-order valence-corrected chi connectivity index (χ2v) is 7.54. The van der Waals surface area contributed by atoms with Gasteiger partial charge in [-0.3, -0.25) is 9.69 Å². The van der Waals surface area contributed by atoms with Crippen LogP contribution in [0.5, 0.6) is 11.5 Å². The van der Waals surface area contributed by atoms with Gasteiger partial charge in [-0.15, -0.1) is 0 Å². The van der Waals surface area contributed by atoms with Crippen LogP contribution in [0.1, 0.15) is 21.5 Å². The summed E-state index contributed by atoms with van der Waals surface area (Å²) in [6.45, 7) is 3.10. The van der Waals surface area contributed by atoms with Crippen molar-refractivity contribution in [2.75, 3.05) is 39.6 Å². The first-order valence-electron chi connectivity index (χ1n) is 10.1. The van der Waals surface area contributed by atoms with E-state index in [0.29, 0.717) is 17.8 Å². The molecule has 3 aromatic carbocycles. The van der Waals surface area contributed by atoms with Gasteiger partial charge in [-0.1, -0.05) is 24.3 Å². The largest absolute Gasteiger partial charge is 0.493 e. The Kier molecular flexibility index (Phi) is 5.77. The molecule has 1 heterocycles. The third-order valence-corrected chi connectivity index (χ3v) is 5.67. The Hall–Kier alpha value is -3.25. The third kappa shape index (κ3) is 4.04. The fraction of sp³-hybridized carbons (Fsp3) is 0.292. The third-order valence-electron chi connectivity index (χ3n) is 5.67. The van der Waals surface area contributed by atoms with E-state index < -0.39 is 0 Å². The minimum atomic E-state index is -0.137. The molecular weight excluding hydrogens is 378 g/mol. The summed E-state index contributed by atoms with van der Waals surface area (Å²) in [6.07, 6.45) is 0.946. The highest BCUT2D eigenvalue weighted by Gasteiger charge is 2.19. The van der Waals surface area contributed by atoms with Crippen LogP contribution in [0, 0.1) is 0 Å². The maximum absolute atomic E-state index is 12.7. The number of carbonyl (C=O) groups excluding carboxylic acids is 1. The van der Waals surface area contributed by atoms with Crippen molar-refractivity contribution in [3.05, 3.63) is 65.2 Å². The van der Waals surface area contributed by atoms with Gasteiger partial charge in [0.2, 0.25) is 0 Å². The van der Waals surface area contributed by atoms with Crippen molar-refractivity contribution in [1.82, 2.24) is 10.2 Å². The van der Waals surface area contributed by atoms with Gasteiger partial charge in [-0.2, -0.15) is 0 Å². The molecule has 0 aliphatic carbocycles. The molecule has 0 saturated carbocycles. The van der Waals surface area contributed by atoms with Crippen LogP contribution in [0.4, 0.5) is 5.69 Å². The van der Waals surface area contributed by atoms with Crippen molar-refractivity contribution in [2.45, 2.75) is 13.0 Å². The van der Waals surface area contributed by atoms with Crippen LogP contribution in [-0.4, -0.2) is 44.7 Å². The first kappa shape index (κ1) is 20.0. The van der Waals surface area contributed by atoms with E-state index >= 15 is 0 Å². The van der Waals surface area contributed by atoms with Crippen molar-refractivity contribution in [3.8, 4) is 11.5 Å². The molecule has 0 fully saturated rings. The van der Waals surface area contributed by atoms with E-state index in [0.717, 1.165) is 48.3 Å². The van der Waals surface area contributed by atoms with Crippen LogP contribution in [0.3, 0.4) is 0 Å². The Morgan fingerprint density at radius 1 is 1.03 bits per heavy atom. The molecule has 156 valence electrons. The van der Waals surface area contributed by atoms with Gasteiger partial charge in [0.1, 0.15) is 0 Å². The number of hydrogen-bond donors (Lipinski definition) is 2. The van der Waals surface area contributed by atoms with Gasteiger partial charge in [-0.25, -0.2) is 0 Å². The predicted molar refractivity (Wildman–Crippen MR) is 119 cm³/mol. The fourth-order valence-corrected chi connectivity index (χ4v) is 4.01. The number of hydrogen-bond acceptors (Lipinski definition) is 5. The highest BCUT2D eigenvalue weighted by molar-refractivity contribution is 6.03. The van der Waals surface area contributed by atoms with E-state index in [4.69, 9.17) is 15.2 Å². The molecule has 1 aliphatic rings. The summed E-state index contributed by atoms with van der Waals surface area (Å²) < 4.78 is 10.8. The molecule has 6 heteroatoms. The van der Waals surface area contributed by atoms with Crippen LogP contribution < -0.4 is 20.5 Å². The van der Waals surface area contributed by atoms with Gasteiger partial charge in [-0.05, 0) is 52.6 Å². The zero-order chi connectivity index (χ0) is 21.1. The molecule has 3 N–H and O–H groups in total. The predicted octanol–water partition coefficient (Wildman–Crippen LogP) is 3.23. The average Bonchev–Trinajstić information content (AvgIpc) is 2.77. The number of anilines is 1. The van der Waals surface area contributed by atoms with E-state index in [2.05, 4.69) is 22.3 Å². The van der Waals surface area contributed by atoms with E-state index in [1.54, 1.807) is 14.2 Å². The molecule has 1 amide bonds. The molecule has 0 unspecified atom stereocenters. The van der Waals surface area contributed by atoms with E-state index in [1.807, 2.05) is 36.4 Å². The van der Waals surface area contributed by atoms with Crippen molar-refractivity contribution >= 4 is 22.4 Å². The van der Waals surface area contributed by atoms with Crippen LogP contribution in [0.15, 0.2) is 48.5 Å². The lowest BCUT2D eigenvalue weighted by molar-refractivity contribution is 0.0948. The monoisotopic (exact) mass is 405 g/mol. The van der Waals surface area contributed by atoms with Gasteiger partial charge >= 0.3 is 0 Å². The summed E-state index contributed by atoms with van der Waals surface area (Å²) in [5.41, 5.74) is 9.66. The molecule has 30 heavy (non-hydrogen) atoms. The molecule has 0 radical (unpaired) electrons. The minimum absolute atomic E-state index is 0.137. The molecule has 0 aromatic heterocycles. The number of nitrogens with zero attached hydrogens (tertiary/aromatic N) is 1. The Balaban J connectivity index is 1.37. The summed E-state index contributed by atoms with van der Waals surface area (Å²) >= 11 is 0. The Labute approximate surface area is 176 Å². The maximum Gasteiger partial charge on any atom is 0.253 e. The van der Waals surface area contributed by atoms with Crippen molar-refractivity contribution < 1.29 is 14.3 Å². The molecule has 0 saturated heterocycles. The van der Waals surface area contributed by atoms with E-state index in [9.17, 15) is 4.79 Å². The lowest BCUT2D eigenvalue weighted by atomic mass is 9.99. The lowest BCUT2D eigenvalue weighted by Crippen LogP contribution is -2.38. The molecule has 6 nitrogen and oxygen atoms in total. The zero-order valence-electron chi connectivity index (χ0n) is 17.4. The van der Waals surface area contributed by atoms with Gasteiger partial charge in [0.25, 0.3) is 5.91 Å². The number of rotatable bonds is 6. The summed E-state index contributed by atoms with van der Waals surface area (Å²) in [5, 5.41) is 5.05. The molecule has 3 aromatic rings. The van der Waals surface area contributed by atoms with Crippen LogP contribution in [0.25, 0.3) is 10.8 Å². The first-order valence-corrected chi connectivity index (χ1v) is 10.1. The van der Waals surface area contributed by atoms with Gasteiger partial charge in [0, 0.05) is 31.9 Å². The standard InChI is InChI=1S/C24H27N3O3/c1-29-22-13-18-7-9-27(15-19(18)14-23(22)30-2)10-8-26-24(28)20-11-16-5-3-4-6-17(16)12-21(20)25/h3-6,11-14H,7-10,15,25H2,1-2H3,(H,26,28). The first-order chi connectivity index (χ1) is 14.6. The fourth-order valence-electron chi connectivity index (χ4n) is 4.01. The number of nitrogens with one attached hydrogen (secondary N) is 1. The van der Waals surface area contributed by atoms with Crippen LogP contribution >= 0.6 is 0 Å². The maximum atomic E-state index is 12.7. The topological polar surface area (TPSA) is 76.8 Å². The Morgan fingerprint density at radius 3 is 2.40 bits per heavy atom. The van der Waals surface area contributed by atoms with Gasteiger partial charge in [0.15, 0.2) is 11.5 Å². The normalized spacial score (nSPS) is 13.7. The van der Waals surface area contributed by atoms with E-state index in [-0.39, 0.29) is 5.91 Å². The van der Waals surface area contributed by atoms with Crippen LogP contribution in [0.2, 0.25) is 0 Å². The zero-order valence-corrected chi connectivity index (χ0v) is 17.4. The lowest BCUT2D eigenvalue weighted by Gasteiger charge is -2.29. The summed E-state index contributed by atoms with van der Waals surface area (Å²) in [7, 11) is 3.31. The average molecular weight is 405 g/mol. The SMILES string of the molecule is COc1cc2c(cc1OC)CN(CCNC(=O)c1cc3ccccc3cc1N)CC2. The number of methoxy groups -OCH3 is 2. The summed E-state index contributed by atoms with van der Waals surface area (Å²) in [5.74, 6) is 1.38. The van der Waals surface area contributed by atoms with Gasteiger partial charge < -0.3 is 20.5 Å². The number of nitrogen functional groups attached to an aromatic ring is 1. The highest BCUT2D eigenvalue weighted by atomic mass is 16.5.